The molecule has 0 unspecified atom stereocenters. The summed E-state index contributed by atoms with van der Waals surface area (Å²) in [5.74, 6) is 0.419. The van der Waals surface area contributed by atoms with Gasteiger partial charge in [0.15, 0.2) is 18.1 Å². The first-order valence-electron chi connectivity index (χ1n) is 10.2. The van der Waals surface area contributed by atoms with Crippen molar-refractivity contribution in [1.29, 1.82) is 0 Å². The SMILES string of the molecule is CCc1ccc([C@@H](C)NC(=O)COC(=O)/C=C/c2ccc3c(c2)OCCCO3)cc1. The van der Waals surface area contributed by atoms with Crippen LogP contribution in [-0.2, 0) is 20.7 Å². The number of aryl methyl sites for hydroxylation is 1. The van der Waals surface area contributed by atoms with Crippen molar-refractivity contribution in [2.75, 3.05) is 19.8 Å². The first-order valence-corrected chi connectivity index (χ1v) is 10.2. The van der Waals surface area contributed by atoms with Crippen molar-refractivity contribution in [2.45, 2.75) is 32.7 Å². The quantitative estimate of drug-likeness (QED) is 0.556. The van der Waals surface area contributed by atoms with E-state index in [0.29, 0.717) is 24.7 Å². The molecule has 0 spiro atoms. The zero-order valence-corrected chi connectivity index (χ0v) is 17.4. The topological polar surface area (TPSA) is 73.9 Å². The number of hydrogen-bond acceptors (Lipinski definition) is 5. The molecule has 1 aliphatic rings. The molecule has 0 saturated heterocycles. The maximum Gasteiger partial charge on any atom is 0.331 e. The molecule has 6 heteroatoms. The summed E-state index contributed by atoms with van der Waals surface area (Å²) >= 11 is 0. The molecule has 0 aromatic heterocycles. The average Bonchev–Trinajstić information content (AvgIpc) is 3.01. The Balaban J connectivity index is 1.46. The summed E-state index contributed by atoms with van der Waals surface area (Å²) in [5, 5.41) is 2.83. The van der Waals surface area contributed by atoms with Crippen molar-refractivity contribution >= 4 is 18.0 Å². The van der Waals surface area contributed by atoms with Gasteiger partial charge in [0.05, 0.1) is 19.3 Å². The number of rotatable bonds is 7. The molecule has 158 valence electrons. The number of ether oxygens (including phenoxy) is 3. The van der Waals surface area contributed by atoms with Crippen LogP contribution in [-0.4, -0.2) is 31.7 Å². The van der Waals surface area contributed by atoms with Crippen LogP contribution in [0.4, 0.5) is 0 Å². The lowest BCUT2D eigenvalue weighted by Crippen LogP contribution is -2.30. The second-order valence-corrected chi connectivity index (χ2v) is 7.08. The number of carbonyl (C=O) groups is 2. The van der Waals surface area contributed by atoms with Crippen LogP contribution >= 0.6 is 0 Å². The average molecular weight is 409 g/mol. The van der Waals surface area contributed by atoms with E-state index in [1.54, 1.807) is 6.08 Å². The zero-order chi connectivity index (χ0) is 21.3. The molecule has 0 saturated carbocycles. The van der Waals surface area contributed by atoms with E-state index in [2.05, 4.69) is 12.2 Å². The molecule has 6 nitrogen and oxygen atoms in total. The largest absolute Gasteiger partial charge is 0.490 e. The lowest BCUT2D eigenvalue weighted by Gasteiger charge is -2.14. The molecule has 30 heavy (non-hydrogen) atoms. The van der Waals surface area contributed by atoms with Crippen molar-refractivity contribution in [3.05, 3.63) is 65.2 Å². The number of fused-ring (bicyclic) bond motifs is 1. The van der Waals surface area contributed by atoms with Gasteiger partial charge in [-0.25, -0.2) is 4.79 Å². The molecule has 0 radical (unpaired) electrons. The number of amides is 1. The van der Waals surface area contributed by atoms with Crippen molar-refractivity contribution in [1.82, 2.24) is 5.32 Å². The van der Waals surface area contributed by atoms with E-state index in [1.165, 1.54) is 11.6 Å². The lowest BCUT2D eigenvalue weighted by molar-refractivity contribution is -0.144. The summed E-state index contributed by atoms with van der Waals surface area (Å²) in [7, 11) is 0. The van der Waals surface area contributed by atoms with Crippen LogP contribution in [0.1, 0.15) is 43.0 Å². The van der Waals surface area contributed by atoms with Gasteiger partial charge in [-0.2, -0.15) is 0 Å². The van der Waals surface area contributed by atoms with Gasteiger partial charge in [0, 0.05) is 12.5 Å². The van der Waals surface area contributed by atoms with Gasteiger partial charge in [0.1, 0.15) is 0 Å². The molecule has 0 aliphatic carbocycles. The van der Waals surface area contributed by atoms with Crippen LogP contribution in [0.5, 0.6) is 11.5 Å². The standard InChI is InChI=1S/C24H27NO5/c1-3-18-5-9-20(10-6-18)17(2)25-23(26)16-30-24(27)12-8-19-7-11-21-22(15-19)29-14-4-13-28-21/h5-12,15,17H,3-4,13-14,16H2,1-2H3,(H,25,26)/b12-8+/t17-/m1/s1. The minimum Gasteiger partial charge on any atom is -0.490 e. The van der Waals surface area contributed by atoms with Gasteiger partial charge in [-0.05, 0) is 48.2 Å². The van der Waals surface area contributed by atoms with E-state index in [-0.39, 0.29) is 18.6 Å². The van der Waals surface area contributed by atoms with Crippen molar-refractivity contribution < 1.29 is 23.8 Å². The van der Waals surface area contributed by atoms with Crippen LogP contribution in [0.25, 0.3) is 6.08 Å². The number of carbonyl (C=O) groups excluding carboxylic acids is 2. The lowest BCUT2D eigenvalue weighted by atomic mass is 10.1. The summed E-state index contributed by atoms with van der Waals surface area (Å²) in [5.41, 5.74) is 3.03. The minimum atomic E-state index is -0.586. The Labute approximate surface area is 176 Å². The molecule has 1 aliphatic heterocycles. The predicted octanol–water partition coefficient (Wildman–Crippen LogP) is 3.84. The van der Waals surface area contributed by atoms with E-state index in [0.717, 1.165) is 24.0 Å². The van der Waals surface area contributed by atoms with Gasteiger partial charge in [0.2, 0.25) is 0 Å². The maximum absolute atomic E-state index is 12.1. The third-order valence-electron chi connectivity index (χ3n) is 4.79. The summed E-state index contributed by atoms with van der Waals surface area (Å²) in [4.78, 5) is 24.0. The van der Waals surface area contributed by atoms with E-state index < -0.39 is 5.97 Å². The highest BCUT2D eigenvalue weighted by molar-refractivity contribution is 5.89. The molecule has 0 bridgehead atoms. The molecule has 1 atom stereocenters. The zero-order valence-electron chi connectivity index (χ0n) is 17.4. The normalized spacial score (nSPS) is 14.1. The maximum atomic E-state index is 12.1. The van der Waals surface area contributed by atoms with Crippen molar-refractivity contribution in [3.63, 3.8) is 0 Å². The molecule has 2 aromatic rings. The third-order valence-corrected chi connectivity index (χ3v) is 4.79. The van der Waals surface area contributed by atoms with Gasteiger partial charge < -0.3 is 19.5 Å². The number of esters is 1. The first-order chi connectivity index (χ1) is 14.5. The molecule has 1 N–H and O–H groups in total. The second-order valence-electron chi connectivity index (χ2n) is 7.08. The Bertz CT molecular complexity index is 904. The van der Waals surface area contributed by atoms with E-state index in [4.69, 9.17) is 14.2 Å². The summed E-state index contributed by atoms with van der Waals surface area (Å²) in [6.45, 7) is 4.88. The van der Waals surface area contributed by atoms with E-state index in [9.17, 15) is 9.59 Å². The van der Waals surface area contributed by atoms with Crippen LogP contribution < -0.4 is 14.8 Å². The molecule has 1 amide bonds. The Morgan fingerprint density at radius 2 is 1.83 bits per heavy atom. The van der Waals surface area contributed by atoms with Gasteiger partial charge >= 0.3 is 5.97 Å². The monoisotopic (exact) mass is 409 g/mol. The van der Waals surface area contributed by atoms with Gasteiger partial charge in [-0.3, -0.25) is 4.79 Å². The Kier molecular flexibility index (Phi) is 7.49. The summed E-state index contributed by atoms with van der Waals surface area (Å²) in [6.07, 6.45) is 4.71. The van der Waals surface area contributed by atoms with Crippen LogP contribution in [0.15, 0.2) is 48.5 Å². The molecule has 0 fully saturated rings. The highest BCUT2D eigenvalue weighted by Gasteiger charge is 2.12. The summed E-state index contributed by atoms with van der Waals surface area (Å²) < 4.78 is 16.3. The van der Waals surface area contributed by atoms with E-state index in [1.807, 2.05) is 49.4 Å². The Morgan fingerprint density at radius 1 is 1.10 bits per heavy atom. The van der Waals surface area contributed by atoms with E-state index >= 15 is 0 Å². The first kappa shape index (κ1) is 21.4. The molecular weight excluding hydrogens is 382 g/mol. The Hall–Kier alpha value is -3.28. The fourth-order valence-corrected chi connectivity index (χ4v) is 3.04. The fraction of sp³-hybridized carbons (Fsp3) is 0.333. The molecular formula is C24H27NO5. The molecule has 2 aromatic carbocycles. The van der Waals surface area contributed by atoms with Crippen LogP contribution in [0.2, 0.25) is 0 Å². The summed E-state index contributed by atoms with van der Waals surface area (Å²) in [6, 6.07) is 13.4. The molecule has 3 rings (SSSR count). The smallest absolute Gasteiger partial charge is 0.331 e. The fourth-order valence-electron chi connectivity index (χ4n) is 3.04. The second kappa shape index (κ2) is 10.5. The highest BCUT2D eigenvalue weighted by Crippen LogP contribution is 2.30. The van der Waals surface area contributed by atoms with Gasteiger partial charge in [0.25, 0.3) is 5.91 Å². The van der Waals surface area contributed by atoms with Crippen molar-refractivity contribution in [2.24, 2.45) is 0 Å². The van der Waals surface area contributed by atoms with Gasteiger partial charge in [-0.1, -0.05) is 37.3 Å². The highest BCUT2D eigenvalue weighted by atomic mass is 16.5. The Morgan fingerprint density at radius 3 is 2.57 bits per heavy atom. The third kappa shape index (κ3) is 6.11. The van der Waals surface area contributed by atoms with Crippen LogP contribution in [0.3, 0.4) is 0 Å². The number of benzene rings is 2. The predicted molar refractivity (Wildman–Crippen MR) is 114 cm³/mol. The number of hydrogen-bond donors (Lipinski definition) is 1. The molecule has 1 heterocycles. The van der Waals surface area contributed by atoms with Crippen molar-refractivity contribution in [3.8, 4) is 11.5 Å². The van der Waals surface area contributed by atoms with Gasteiger partial charge in [-0.15, -0.1) is 0 Å². The van der Waals surface area contributed by atoms with Crippen LogP contribution in [0, 0.1) is 0 Å². The number of nitrogens with one attached hydrogen (secondary N) is 1. The minimum absolute atomic E-state index is 0.167.